The van der Waals surface area contributed by atoms with E-state index in [2.05, 4.69) is 22.3 Å². The Balaban J connectivity index is 1.83. The largest absolute Gasteiger partial charge is 0.438 e. The van der Waals surface area contributed by atoms with Crippen molar-refractivity contribution < 1.29 is 12.8 Å². The summed E-state index contributed by atoms with van der Waals surface area (Å²) in [5, 5.41) is 17.3. The molecule has 2 aromatic heterocycles. The van der Waals surface area contributed by atoms with Crippen LogP contribution in [0.2, 0.25) is 0 Å². The number of sulfonamides is 1. The monoisotopic (exact) mass is 438 g/mol. The van der Waals surface area contributed by atoms with Gasteiger partial charge >= 0.3 is 0 Å². The molecule has 0 bridgehead atoms. The van der Waals surface area contributed by atoms with E-state index in [1.54, 1.807) is 12.1 Å². The molecule has 0 spiro atoms. The molecule has 4 rings (SSSR count). The lowest BCUT2D eigenvalue weighted by Crippen LogP contribution is -2.14. The van der Waals surface area contributed by atoms with E-state index >= 15 is 0 Å². The zero-order valence-electron chi connectivity index (χ0n) is 16.9. The lowest BCUT2D eigenvalue weighted by molar-refractivity contribution is 0.340. The second-order valence-electron chi connectivity index (χ2n) is 7.08. The van der Waals surface area contributed by atoms with Gasteiger partial charge in [0.25, 0.3) is 0 Å². The molecule has 1 atom stereocenters. The van der Waals surface area contributed by atoms with Crippen molar-refractivity contribution in [1.29, 1.82) is 0 Å². The van der Waals surface area contributed by atoms with E-state index in [-0.39, 0.29) is 10.9 Å². The van der Waals surface area contributed by atoms with Crippen molar-refractivity contribution >= 4 is 10.0 Å². The van der Waals surface area contributed by atoms with Gasteiger partial charge in [-0.3, -0.25) is 0 Å². The smallest absolute Gasteiger partial charge is 0.238 e. The molecule has 31 heavy (non-hydrogen) atoms. The molecule has 0 aliphatic heterocycles. The van der Waals surface area contributed by atoms with Gasteiger partial charge in [-0.05, 0) is 35.9 Å². The molecule has 1 unspecified atom stereocenters. The van der Waals surface area contributed by atoms with Gasteiger partial charge in [0.15, 0.2) is 12.1 Å². The van der Waals surface area contributed by atoms with Crippen LogP contribution in [0.1, 0.15) is 38.1 Å². The molecule has 0 saturated carbocycles. The van der Waals surface area contributed by atoms with Crippen molar-refractivity contribution in [2.24, 2.45) is 5.14 Å². The number of hydrogen-bond acceptors (Lipinski definition) is 7. The van der Waals surface area contributed by atoms with Crippen molar-refractivity contribution in [2.45, 2.75) is 37.1 Å². The molecule has 9 nitrogen and oxygen atoms in total. The molecule has 2 heterocycles. The SMILES string of the molecule is CCCCC(c1nc(-c2ccccc2)c(-c2ccc(S(N)(=O)=O)cc2)o1)n1ncnn1. The minimum atomic E-state index is -3.79. The van der Waals surface area contributed by atoms with Gasteiger partial charge in [0, 0.05) is 11.1 Å². The third kappa shape index (κ3) is 4.54. The lowest BCUT2D eigenvalue weighted by Gasteiger charge is -2.11. The molecule has 4 aromatic rings. The Morgan fingerprint density at radius 2 is 1.81 bits per heavy atom. The number of benzene rings is 2. The van der Waals surface area contributed by atoms with Crippen LogP contribution in [-0.2, 0) is 10.0 Å². The summed E-state index contributed by atoms with van der Waals surface area (Å²) in [4.78, 5) is 6.34. The van der Waals surface area contributed by atoms with Crippen LogP contribution in [0.25, 0.3) is 22.6 Å². The number of nitrogens with two attached hydrogens (primary N) is 1. The quantitative estimate of drug-likeness (QED) is 0.446. The maximum absolute atomic E-state index is 11.6. The first-order valence-electron chi connectivity index (χ1n) is 9.89. The maximum atomic E-state index is 11.6. The minimum Gasteiger partial charge on any atom is -0.438 e. The van der Waals surface area contributed by atoms with Gasteiger partial charge in [0.1, 0.15) is 11.7 Å². The van der Waals surface area contributed by atoms with Crippen molar-refractivity contribution in [2.75, 3.05) is 0 Å². The number of oxazole rings is 1. The van der Waals surface area contributed by atoms with Gasteiger partial charge in [0.2, 0.25) is 15.9 Å². The second-order valence-corrected chi connectivity index (χ2v) is 8.64. The highest BCUT2D eigenvalue weighted by Crippen LogP contribution is 2.36. The fourth-order valence-corrected chi connectivity index (χ4v) is 3.83. The highest BCUT2D eigenvalue weighted by Gasteiger charge is 2.25. The summed E-state index contributed by atoms with van der Waals surface area (Å²) in [6, 6.07) is 15.6. The normalized spacial score (nSPS) is 12.7. The van der Waals surface area contributed by atoms with E-state index in [0.29, 0.717) is 22.9 Å². The molecule has 160 valence electrons. The van der Waals surface area contributed by atoms with E-state index in [4.69, 9.17) is 14.5 Å². The molecule has 2 aromatic carbocycles. The molecule has 0 aliphatic carbocycles. The fraction of sp³-hybridized carbons (Fsp3) is 0.238. The predicted molar refractivity (Wildman–Crippen MR) is 114 cm³/mol. The number of unbranched alkanes of at least 4 members (excludes halogenated alkanes) is 1. The fourth-order valence-electron chi connectivity index (χ4n) is 3.32. The number of hydrogen-bond donors (Lipinski definition) is 1. The molecule has 0 saturated heterocycles. The van der Waals surface area contributed by atoms with Crippen molar-refractivity contribution in [3.63, 3.8) is 0 Å². The topological polar surface area (TPSA) is 130 Å². The Hall–Kier alpha value is -3.37. The van der Waals surface area contributed by atoms with Gasteiger partial charge in [-0.2, -0.15) is 4.80 Å². The third-order valence-corrected chi connectivity index (χ3v) is 5.83. The average Bonchev–Trinajstić information content (AvgIpc) is 3.45. The summed E-state index contributed by atoms with van der Waals surface area (Å²) < 4.78 is 29.5. The molecular formula is C21H22N6O3S. The van der Waals surface area contributed by atoms with Crippen LogP contribution < -0.4 is 5.14 Å². The average molecular weight is 439 g/mol. The molecule has 0 radical (unpaired) electrons. The number of primary sulfonamides is 1. The van der Waals surface area contributed by atoms with Crippen molar-refractivity contribution in [1.82, 2.24) is 25.2 Å². The van der Waals surface area contributed by atoms with E-state index in [9.17, 15) is 8.42 Å². The first kappa shape index (κ1) is 20.9. The summed E-state index contributed by atoms with van der Waals surface area (Å²) in [6.45, 7) is 2.11. The van der Waals surface area contributed by atoms with Crippen molar-refractivity contribution in [3.8, 4) is 22.6 Å². The van der Waals surface area contributed by atoms with E-state index < -0.39 is 10.0 Å². The van der Waals surface area contributed by atoms with Crippen LogP contribution in [-0.4, -0.2) is 33.6 Å². The summed E-state index contributed by atoms with van der Waals surface area (Å²) in [5.41, 5.74) is 2.22. The minimum absolute atomic E-state index is 0.0323. The van der Waals surface area contributed by atoms with Gasteiger partial charge in [0.05, 0.1) is 4.90 Å². The Kier molecular flexibility index (Phi) is 5.92. The number of rotatable bonds is 8. The maximum Gasteiger partial charge on any atom is 0.238 e. The standard InChI is InChI=1S/C21H22N6O3S/c1-2-3-9-18(27-24-14-23-26-27)21-25-19(15-7-5-4-6-8-15)20(30-21)16-10-12-17(13-11-16)31(22,28)29/h4-8,10-14,18H,2-3,9H2,1H3,(H2,22,28,29). The summed E-state index contributed by atoms with van der Waals surface area (Å²) in [7, 11) is -3.79. The first-order chi connectivity index (χ1) is 15.0. The Morgan fingerprint density at radius 3 is 2.42 bits per heavy atom. The van der Waals surface area contributed by atoms with E-state index in [1.165, 1.54) is 23.3 Å². The molecule has 0 fully saturated rings. The molecule has 10 heteroatoms. The van der Waals surface area contributed by atoms with Gasteiger partial charge in [-0.1, -0.05) is 50.1 Å². The number of nitrogens with zero attached hydrogens (tertiary/aromatic N) is 5. The molecule has 0 aliphatic rings. The summed E-state index contributed by atoms with van der Waals surface area (Å²) in [6.07, 6.45) is 4.06. The summed E-state index contributed by atoms with van der Waals surface area (Å²) in [5.74, 6) is 1.000. The number of aromatic nitrogens is 5. The lowest BCUT2D eigenvalue weighted by atomic mass is 10.1. The Morgan fingerprint density at radius 1 is 1.06 bits per heavy atom. The van der Waals surface area contributed by atoms with Crippen LogP contribution in [0.15, 0.2) is 70.2 Å². The van der Waals surface area contributed by atoms with Crippen LogP contribution in [0.5, 0.6) is 0 Å². The Labute approximate surface area is 180 Å². The molecule has 2 N–H and O–H groups in total. The third-order valence-electron chi connectivity index (χ3n) is 4.90. The van der Waals surface area contributed by atoms with Crippen LogP contribution in [0.4, 0.5) is 0 Å². The first-order valence-corrected chi connectivity index (χ1v) is 11.4. The zero-order chi connectivity index (χ0) is 21.8. The highest BCUT2D eigenvalue weighted by molar-refractivity contribution is 7.89. The highest BCUT2D eigenvalue weighted by atomic mass is 32.2. The van der Waals surface area contributed by atoms with E-state index in [1.807, 2.05) is 30.3 Å². The van der Waals surface area contributed by atoms with E-state index in [0.717, 1.165) is 24.8 Å². The summed E-state index contributed by atoms with van der Waals surface area (Å²) >= 11 is 0. The number of tetrazole rings is 1. The van der Waals surface area contributed by atoms with Crippen LogP contribution in [0, 0.1) is 0 Å². The predicted octanol–water partition coefficient (Wildman–Crippen LogP) is 3.42. The van der Waals surface area contributed by atoms with Gasteiger partial charge in [-0.15, -0.1) is 10.2 Å². The van der Waals surface area contributed by atoms with Crippen LogP contribution in [0.3, 0.4) is 0 Å². The molecular weight excluding hydrogens is 416 g/mol. The van der Waals surface area contributed by atoms with Crippen molar-refractivity contribution in [3.05, 3.63) is 66.8 Å². The van der Waals surface area contributed by atoms with Gasteiger partial charge in [-0.25, -0.2) is 18.5 Å². The second kappa shape index (κ2) is 8.78. The van der Waals surface area contributed by atoms with Gasteiger partial charge < -0.3 is 4.42 Å². The van der Waals surface area contributed by atoms with Crippen LogP contribution >= 0.6 is 0 Å². The molecule has 0 amide bonds. The zero-order valence-corrected chi connectivity index (χ0v) is 17.7. The Bertz CT molecular complexity index is 1240.